The van der Waals surface area contributed by atoms with E-state index in [9.17, 15) is 9.59 Å². The number of carbonyl (C=O) groups excluding carboxylic acids is 2. The lowest BCUT2D eigenvalue weighted by Crippen LogP contribution is -2.39. The molecule has 1 aliphatic rings. The number of carbonyl (C=O) groups is 2. The largest absolute Gasteiger partial charge is 0.347 e. The van der Waals surface area contributed by atoms with Crippen LogP contribution >= 0.6 is 0 Å². The van der Waals surface area contributed by atoms with Crippen molar-refractivity contribution in [1.82, 2.24) is 10.7 Å². The van der Waals surface area contributed by atoms with Crippen LogP contribution in [0.1, 0.15) is 37.7 Å². The first-order valence-corrected chi connectivity index (χ1v) is 7.43. The molecule has 1 aromatic carbocycles. The summed E-state index contributed by atoms with van der Waals surface area (Å²) in [6, 6.07) is 9.82. The lowest BCUT2D eigenvalue weighted by atomic mass is 9.99. The molecule has 0 atom stereocenters. The van der Waals surface area contributed by atoms with Gasteiger partial charge in [0.25, 0.3) is 0 Å². The molecule has 5 nitrogen and oxygen atoms in total. The average Bonchev–Trinajstić information content (AvgIpc) is 2.54. The number of amides is 2. The molecular weight excluding hydrogens is 266 g/mol. The average molecular weight is 287 g/mol. The van der Waals surface area contributed by atoms with Crippen LogP contribution in [0.5, 0.6) is 0 Å². The van der Waals surface area contributed by atoms with Gasteiger partial charge < -0.3 is 5.32 Å². The van der Waals surface area contributed by atoms with Crippen molar-refractivity contribution in [3.63, 3.8) is 0 Å². The predicted molar refractivity (Wildman–Crippen MR) is 81.8 cm³/mol. The fourth-order valence-electron chi connectivity index (χ4n) is 2.30. The molecule has 112 valence electrons. The van der Waals surface area contributed by atoms with Gasteiger partial charge in [0, 0.05) is 12.3 Å². The van der Waals surface area contributed by atoms with E-state index in [1.165, 1.54) is 6.42 Å². The Morgan fingerprint density at radius 3 is 2.43 bits per heavy atom. The van der Waals surface area contributed by atoms with Crippen molar-refractivity contribution in [2.45, 2.75) is 38.5 Å². The lowest BCUT2D eigenvalue weighted by molar-refractivity contribution is -0.139. The highest BCUT2D eigenvalue weighted by molar-refractivity contribution is 6.35. The zero-order valence-corrected chi connectivity index (χ0v) is 12.1. The molecule has 0 unspecified atom stereocenters. The molecule has 21 heavy (non-hydrogen) atoms. The van der Waals surface area contributed by atoms with Crippen LogP contribution in [0.2, 0.25) is 0 Å². The first-order chi connectivity index (χ1) is 10.3. The van der Waals surface area contributed by atoms with E-state index in [0.717, 1.165) is 37.0 Å². The van der Waals surface area contributed by atoms with Crippen LogP contribution in [-0.4, -0.2) is 24.1 Å². The first kappa shape index (κ1) is 15.2. The van der Waals surface area contributed by atoms with Crippen molar-refractivity contribution in [3.8, 4) is 0 Å². The van der Waals surface area contributed by atoms with Crippen molar-refractivity contribution < 1.29 is 9.59 Å². The number of hydrogen-bond donors (Lipinski definition) is 2. The third-order valence-corrected chi connectivity index (χ3v) is 3.49. The smallest absolute Gasteiger partial charge is 0.329 e. The molecule has 0 heterocycles. The van der Waals surface area contributed by atoms with Gasteiger partial charge in [-0.1, -0.05) is 36.8 Å². The van der Waals surface area contributed by atoms with Gasteiger partial charge in [-0.25, -0.2) is 5.43 Å². The molecular formula is C16H21N3O2. The SMILES string of the molecule is O=C(NCCc1ccccc1)C(=O)NN=C1CCCCC1. The summed E-state index contributed by atoms with van der Waals surface area (Å²) in [4.78, 5) is 23.2. The van der Waals surface area contributed by atoms with E-state index in [2.05, 4.69) is 15.8 Å². The maximum absolute atomic E-state index is 11.6. The number of hydrazone groups is 1. The second-order valence-corrected chi connectivity index (χ2v) is 5.17. The van der Waals surface area contributed by atoms with Gasteiger partial charge in [0.2, 0.25) is 0 Å². The van der Waals surface area contributed by atoms with Gasteiger partial charge in [-0.3, -0.25) is 9.59 Å². The van der Waals surface area contributed by atoms with Crippen LogP contribution in [0.4, 0.5) is 0 Å². The fourth-order valence-corrected chi connectivity index (χ4v) is 2.30. The minimum absolute atomic E-state index is 0.437. The van der Waals surface area contributed by atoms with Crippen molar-refractivity contribution in [1.29, 1.82) is 0 Å². The molecule has 1 aliphatic carbocycles. The van der Waals surface area contributed by atoms with E-state index in [-0.39, 0.29) is 0 Å². The van der Waals surface area contributed by atoms with E-state index in [0.29, 0.717) is 13.0 Å². The predicted octanol–water partition coefficient (Wildman–Crippen LogP) is 1.78. The summed E-state index contributed by atoms with van der Waals surface area (Å²) in [5.74, 6) is -1.33. The first-order valence-electron chi connectivity index (χ1n) is 7.43. The van der Waals surface area contributed by atoms with Crippen molar-refractivity contribution in [3.05, 3.63) is 35.9 Å². The van der Waals surface area contributed by atoms with E-state index in [4.69, 9.17) is 0 Å². The molecule has 0 saturated heterocycles. The fraction of sp³-hybridized carbons (Fsp3) is 0.438. The van der Waals surface area contributed by atoms with Gasteiger partial charge in [-0.15, -0.1) is 0 Å². The summed E-state index contributed by atoms with van der Waals surface area (Å²) in [5, 5.41) is 6.63. The standard InChI is InChI=1S/C16H21N3O2/c20-15(17-12-11-13-7-3-1-4-8-13)16(21)19-18-14-9-5-2-6-10-14/h1,3-4,7-8H,2,5-6,9-12H2,(H,17,20)(H,19,21). The topological polar surface area (TPSA) is 70.6 Å². The number of benzene rings is 1. The van der Waals surface area contributed by atoms with Crippen molar-refractivity contribution in [2.24, 2.45) is 5.10 Å². The van der Waals surface area contributed by atoms with Crippen molar-refractivity contribution >= 4 is 17.5 Å². The Balaban J connectivity index is 1.69. The molecule has 0 aliphatic heterocycles. The third-order valence-electron chi connectivity index (χ3n) is 3.49. The van der Waals surface area contributed by atoms with E-state index in [1.54, 1.807) is 0 Å². The summed E-state index contributed by atoms with van der Waals surface area (Å²) in [7, 11) is 0. The Kier molecular flexibility index (Phi) is 5.94. The number of nitrogens with zero attached hydrogens (tertiary/aromatic N) is 1. The molecule has 1 fully saturated rings. The second kappa shape index (κ2) is 8.19. The minimum Gasteiger partial charge on any atom is -0.347 e. The highest BCUT2D eigenvalue weighted by Gasteiger charge is 2.13. The second-order valence-electron chi connectivity index (χ2n) is 5.17. The molecule has 1 aromatic rings. The quantitative estimate of drug-likeness (QED) is 0.654. The summed E-state index contributed by atoms with van der Waals surface area (Å²) >= 11 is 0. The maximum Gasteiger partial charge on any atom is 0.329 e. The zero-order chi connectivity index (χ0) is 14.9. The van der Waals surface area contributed by atoms with Gasteiger partial charge >= 0.3 is 11.8 Å². The molecule has 5 heteroatoms. The highest BCUT2D eigenvalue weighted by atomic mass is 16.2. The Hall–Kier alpha value is -2.17. The molecule has 0 spiro atoms. The highest BCUT2D eigenvalue weighted by Crippen LogP contribution is 2.14. The van der Waals surface area contributed by atoms with Gasteiger partial charge in [0.05, 0.1) is 0 Å². The normalized spacial score (nSPS) is 14.4. The van der Waals surface area contributed by atoms with E-state index >= 15 is 0 Å². The Labute approximate surface area is 124 Å². The van der Waals surface area contributed by atoms with Gasteiger partial charge in [0.1, 0.15) is 0 Å². The molecule has 2 rings (SSSR count). The Morgan fingerprint density at radius 1 is 1.00 bits per heavy atom. The van der Waals surface area contributed by atoms with E-state index < -0.39 is 11.8 Å². The van der Waals surface area contributed by atoms with Crippen LogP contribution in [0.25, 0.3) is 0 Å². The number of nitrogens with one attached hydrogen (secondary N) is 2. The number of hydrogen-bond acceptors (Lipinski definition) is 3. The summed E-state index contributed by atoms with van der Waals surface area (Å²) in [5.41, 5.74) is 4.44. The molecule has 0 radical (unpaired) electrons. The maximum atomic E-state index is 11.6. The number of rotatable bonds is 4. The van der Waals surface area contributed by atoms with E-state index in [1.807, 2.05) is 30.3 Å². The van der Waals surface area contributed by atoms with Crippen LogP contribution in [0.15, 0.2) is 35.4 Å². The summed E-state index contributed by atoms with van der Waals surface area (Å²) in [6.07, 6.45) is 5.96. The molecule has 2 N–H and O–H groups in total. The molecule has 0 bridgehead atoms. The van der Waals surface area contributed by atoms with Crippen LogP contribution in [-0.2, 0) is 16.0 Å². The lowest BCUT2D eigenvalue weighted by Gasteiger charge is -2.11. The van der Waals surface area contributed by atoms with Crippen LogP contribution < -0.4 is 10.7 Å². The Bertz CT molecular complexity index is 504. The van der Waals surface area contributed by atoms with Crippen LogP contribution in [0, 0.1) is 0 Å². The molecule has 2 amide bonds. The van der Waals surface area contributed by atoms with Gasteiger partial charge in [0.15, 0.2) is 0 Å². The monoisotopic (exact) mass is 287 g/mol. The van der Waals surface area contributed by atoms with Gasteiger partial charge in [-0.05, 0) is 37.7 Å². The van der Waals surface area contributed by atoms with Crippen molar-refractivity contribution in [2.75, 3.05) is 6.54 Å². The van der Waals surface area contributed by atoms with Gasteiger partial charge in [-0.2, -0.15) is 5.10 Å². The zero-order valence-electron chi connectivity index (χ0n) is 12.1. The summed E-state index contributed by atoms with van der Waals surface area (Å²) in [6.45, 7) is 0.437. The minimum atomic E-state index is -0.693. The van der Waals surface area contributed by atoms with Crippen LogP contribution in [0.3, 0.4) is 0 Å². The molecule has 1 saturated carbocycles. The third kappa shape index (κ3) is 5.38. The Morgan fingerprint density at radius 2 is 1.71 bits per heavy atom. The summed E-state index contributed by atoms with van der Waals surface area (Å²) < 4.78 is 0. The molecule has 0 aromatic heterocycles.